The fourth-order valence-corrected chi connectivity index (χ4v) is 6.20. The van der Waals surface area contributed by atoms with Gasteiger partial charge in [-0.15, -0.1) is 11.3 Å². The number of nitrogens with zero attached hydrogens (tertiary/aromatic N) is 1. The summed E-state index contributed by atoms with van der Waals surface area (Å²) in [5, 5.41) is 5.46. The fraction of sp³-hybridized carbons (Fsp3) is 0.368. The number of nitrogens with one attached hydrogen (secondary N) is 2. The molecule has 1 aliphatic heterocycles. The van der Waals surface area contributed by atoms with Crippen LogP contribution in [0.15, 0.2) is 46.7 Å². The monoisotopic (exact) mass is 421 g/mol. The van der Waals surface area contributed by atoms with Gasteiger partial charge in [0.1, 0.15) is 10.3 Å². The summed E-state index contributed by atoms with van der Waals surface area (Å²) in [6.07, 6.45) is 1.14. The molecule has 0 unspecified atom stereocenters. The summed E-state index contributed by atoms with van der Waals surface area (Å²) >= 11 is 1.21. The van der Waals surface area contributed by atoms with Gasteiger partial charge in [-0.1, -0.05) is 18.2 Å². The lowest BCUT2D eigenvalue weighted by molar-refractivity contribution is -0.124. The molecule has 7 nitrogen and oxygen atoms in total. The van der Waals surface area contributed by atoms with Crippen molar-refractivity contribution in [2.75, 3.05) is 19.6 Å². The Kier molecular flexibility index (Phi) is 6.48. The molecule has 28 heavy (non-hydrogen) atoms. The highest BCUT2D eigenvalue weighted by molar-refractivity contribution is 7.91. The van der Waals surface area contributed by atoms with Crippen molar-refractivity contribution < 1.29 is 18.0 Å². The molecular weight excluding hydrogens is 398 g/mol. The van der Waals surface area contributed by atoms with Crippen LogP contribution in [0, 0.1) is 6.92 Å². The lowest BCUT2D eigenvalue weighted by Gasteiger charge is -2.22. The summed E-state index contributed by atoms with van der Waals surface area (Å²) in [6, 6.07) is 11.4. The third-order valence-corrected chi connectivity index (χ3v) is 7.91. The zero-order chi connectivity index (χ0) is 20.1. The van der Waals surface area contributed by atoms with E-state index in [0.717, 1.165) is 4.88 Å². The van der Waals surface area contributed by atoms with Crippen molar-refractivity contribution in [2.24, 2.45) is 0 Å². The molecule has 1 fully saturated rings. The minimum atomic E-state index is -3.67. The molecule has 0 bridgehead atoms. The summed E-state index contributed by atoms with van der Waals surface area (Å²) in [4.78, 5) is 25.4. The van der Waals surface area contributed by atoms with Crippen LogP contribution in [-0.4, -0.2) is 50.2 Å². The summed E-state index contributed by atoms with van der Waals surface area (Å²) in [5.74, 6) is -0.545. The van der Waals surface area contributed by atoms with Gasteiger partial charge in [0.05, 0.1) is 0 Å². The van der Waals surface area contributed by atoms with Gasteiger partial charge in [-0.2, -0.15) is 4.31 Å². The minimum Gasteiger partial charge on any atom is -0.353 e. The van der Waals surface area contributed by atoms with Crippen molar-refractivity contribution in [3.63, 3.8) is 0 Å². The van der Waals surface area contributed by atoms with Crippen LogP contribution in [0.25, 0.3) is 0 Å². The van der Waals surface area contributed by atoms with Gasteiger partial charge < -0.3 is 10.6 Å². The van der Waals surface area contributed by atoms with Gasteiger partial charge in [0.15, 0.2) is 0 Å². The first-order valence-electron chi connectivity index (χ1n) is 9.09. The number of hydrogen-bond donors (Lipinski definition) is 2. The highest BCUT2D eigenvalue weighted by Crippen LogP contribution is 2.30. The van der Waals surface area contributed by atoms with Crippen molar-refractivity contribution in [1.82, 2.24) is 14.9 Å². The Balaban J connectivity index is 1.53. The number of amides is 2. The van der Waals surface area contributed by atoms with E-state index in [-0.39, 0.29) is 29.1 Å². The Morgan fingerprint density at radius 3 is 2.50 bits per heavy atom. The average Bonchev–Trinajstić information content (AvgIpc) is 3.35. The molecular formula is C19H23N3O4S2. The second-order valence-electron chi connectivity index (χ2n) is 6.55. The van der Waals surface area contributed by atoms with Gasteiger partial charge in [0, 0.05) is 30.1 Å². The third kappa shape index (κ3) is 4.60. The van der Waals surface area contributed by atoms with Crippen molar-refractivity contribution >= 4 is 33.2 Å². The number of carbonyl (C=O) groups is 2. The number of hydrogen-bond acceptors (Lipinski definition) is 5. The quantitative estimate of drug-likeness (QED) is 0.666. The van der Waals surface area contributed by atoms with E-state index in [1.807, 2.05) is 13.0 Å². The standard InChI is InChI=1S/C19H23N3O4S2/c1-14-9-10-17(27-14)28(25,26)22-13-5-8-16(22)19(24)21-12-11-20-18(23)15-6-3-2-4-7-15/h2-4,6-7,9-10,16H,5,8,11-13H2,1H3,(H,20,23)(H,21,24)/t16-/m1/s1. The van der Waals surface area contributed by atoms with Crippen molar-refractivity contribution in [1.29, 1.82) is 0 Å². The van der Waals surface area contributed by atoms with Crippen LogP contribution in [0.4, 0.5) is 0 Å². The molecule has 3 rings (SSSR count). The Bertz CT molecular complexity index is 941. The summed E-state index contributed by atoms with van der Waals surface area (Å²) in [7, 11) is -3.67. The van der Waals surface area contributed by atoms with Crippen LogP contribution in [0.5, 0.6) is 0 Å². The smallest absolute Gasteiger partial charge is 0.253 e. The molecule has 0 spiro atoms. The normalized spacial score (nSPS) is 17.4. The maximum Gasteiger partial charge on any atom is 0.253 e. The summed E-state index contributed by atoms with van der Waals surface area (Å²) in [5.41, 5.74) is 0.549. The number of benzene rings is 1. The Hall–Kier alpha value is -2.23. The van der Waals surface area contributed by atoms with E-state index in [0.29, 0.717) is 24.9 Å². The van der Waals surface area contributed by atoms with Crippen LogP contribution in [0.1, 0.15) is 28.1 Å². The maximum absolute atomic E-state index is 12.8. The molecule has 1 atom stereocenters. The van der Waals surface area contributed by atoms with E-state index in [2.05, 4.69) is 10.6 Å². The van der Waals surface area contributed by atoms with Crippen molar-refractivity contribution in [2.45, 2.75) is 30.0 Å². The first kappa shape index (κ1) is 20.5. The average molecular weight is 422 g/mol. The third-order valence-electron chi connectivity index (χ3n) is 4.53. The fourth-order valence-electron chi connectivity index (χ4n) is 3.13. The first-order valence-corrected chi connectivity index (χ1v) is 11.3. The lowest BCUT2D eigenvalue weighted by atomic mass is 10.2. The van der Waals surface area contributed by atoms with Gasteiger partial charge in [0.25, 0.3) is 15.9 Å². The van der Waals surface area contributed by atoms with Crippen LogP contribution < -0.4 is 10.6 Å². The number of sulfonamides is 1. The van der Waals surface area contributed by atoms with E-state index in [4.69, 9.17) is 0 Å². The molecule has 1 aliphatic rings. The van der Waals surface area contributed by atoms with Crippen molar-refractivity contribution in [3.05, 3.63) is 52.9 Å². The van der Waals surface area contributed by atoms with Crippen LogP contribution in [0.2, 0.25) is 0 Å². The molecule has 1 aromatic heterocycles. The molecule has 0 saturated carbocycles. The highest BCUT2D eigenvalue weighted by Gasteiger charge is 2.39. The molecule has 2 aromatic rings. The molecule has 2 heterocycles. The van der Waals surface area contributed by atoms with Gasteiger partial charge >= 0.3 is 0 Å². The number of rotatable bonds is 7. The van der Waals surface area contributed by atoms with Crippen LogP contribution in [0.3, 0.4) is 0 Å². The van der Waals surface area contributed by atoms with E-state index in [9.17, 15) is 18.0 Å². The van der Waals surface area contributed by atoms with E-state index >= 15 is 0 Å². The molecule has 150 valence electrons. The Morgan fingerprint density at radius 2 is 1.82 bits per heavy atom. The second-order valence-corrected chi connectivity index (χ2v) is 9.96. The van der Waals surface area contributed by atoms with Crippen molar-refractivity contribution in [3.8, 4) is 0 Å². The van der Waals surface area contributed by atoms with Gasteiger partial charge in [-0.05, 0) is 44.0 Å². The molecule has 1 aromatic carbocycles. The zero-order valence-corrected chi connectivity index (χ0v) is 17.2. The summed E-state index contributed by atoms with van der Waals surface area (Å²) < 4.78 is 27.2. The highest BCUT2D eigenvalue weighted by atomic mass is 32.2. The van der Waals surface area contributed by atoms with E-state index in [1.54, 1.807) is 36.4 Å². The number of carbonyl (C=O) groups excluding carboxylic acids is 2. The number of thiophene rings is 1. The molecule has 0 aliphatic carbocycles. The molecule has 1 saturated heterocycles. The lowest BCUT2D eigenvalue weighted by Crippen LogP contribution is -2.47. The molecule has 0 radical (unpaired) electrons. The molecule has 9 heteroatoms. The minimum absolute atomic E-state index is 0.215. The number of aryl methyl sites for hydroxylation is 1. The predicted molar refractivity (Wildman–Crippen MR) is 108 cm³/mol. The first-order chi connectivity index (χ1) is 13.4. The second kappa shape index (κ2) is 8.85. The zero-order valence-electron chi connectivity index (χ0n) is 15.6. The SMILES string of the molecule is Cc1ccc(S(=O)(=O)N2CCC[C@@H]2C(=O)NCCNC(=O)c2ccccc2)s1. The van der Waals surface area contributed by atoms with Gasteiger partial charge in [-0.3, -0.25) is 9.59 Å². The molecule has 2 N–H and O–H groups in total. The van der Waals surface area contributed by atoms with Crippen LogP contribution in [-0.2, 0) is 14.8 Å². The summed E-state index contributed by atoms with van der Waals surface area (Å²) in [6.45, 7) is 2.69. The van der Waals surface area contributed by atoms with E-state index < -0.39 is 16.1 Å². The Morgan fingerprint density at radius 1 is 1.11 bits per heavy atom. The topological polar surface area (TPSA) is 95.6 Å². The van der Waals surface area contributed by atoms with Gasteiger partial charge in [-0.25, -0.2) is 8.42 Å². The largest absolute Gasteiger partial charge is 0.353 e. The predicted octanol–water partition coefficient (Wildman–Crippen LogP) is 1.76. The van der Waals surface area contributed by atoms with E-state index in [1.165, 1.54) is 15.6 Å². The Labute approximate surface area is 168 Å². The maximum atomic E-state index is 12.8. The molecule has 2 amide bonds. The van der Waals surface area contributed by atoms with Gasteiger partial charge in [0.2, 0.25) is 5.91 Å². The van der Waals surface area contributed by atoms with Crippen LogP contribution >= 0.6 is 11.3 Å².